The van der Waals surface area contributed by atoms with E-state index in [4.69, 9.17) is 11.6 Å². The predicted molar refractivity (Wildman–Crippen MR) is 64.5 cm³/mol. The van der Waals surface area contributed by atoms with Crippen molar-refractivity contribution in [3.63, 3.8) is 0 Å². The molecule has 1 aliphatic rings. The van der Waals surface area contributed by atoms with Crippen LogP contribution in [-0.4, -0.2) is 17.6 Å². The first kappa shape index (κ1) is 10.7. The van der Waals surface area contributed by atoms with Crippen LogP contribution in [0.3, 0.4) is 0 Å². The van der Waals surface area contributed by atoms with E-state index < -0.39 is 0 Å². The van der Waals surface area contributed by atoms with E-state index in [-0.39, 0.29) is 0 Å². The Hall–Kier alpha value is -0.760. The zero-order valence-electron chi connectivity index (χ0n) is 9.28. The normalized spacial score (nSPS) is 15.7. The Bertz CT molecular complexity index is 334. The SMILES string of the molecule is CC(C)N(CC1CC1)c1cccc(Cl)n1. The lowest BCUT2D eigenvalue weighted by molar-refractivity contribution is 0.637. The summed E-state index contributed by atoms with van der Waals surface area (Å²) in [5, 5.41) is 0.578. The Balaban J connectivity index is 2.15. The van der Waals surface area contributed by atoms with E-state index in [0.29, 0.717) is 11.2 Å². The largest absolute Gasteiger partial charge is 0.354 e. The highest BCUT2D eigenvalue weighted by atomic mass is 35.5. The minimum absolute atomic E-state index is 0.483. The molecule has 1 saturated carbocycles. The van der Waals surface area contributed by atoms with Gasteiger partial charge >= 0.3 is 0 Å². The fraction of sp³-hybridized carbons (Fsp3) is 0.583. The summed E-state index contributed by atoms with van der Waals surface area (Å²) in [4.78, 5) is 6.70. The lowest BCUT2D eigenvalue weighted by Crippen LogP contribution is -2.33. The van der Waals surface area contributed by atoms with Gasteiger partial charge in [-0.1, -0.05) is 17.7 Å². The minimum Gasteiger partial charge on any atom is -0.354 e. The monoisotopic (exact) mass is 224 g/mol. The van der Waals surface area contributed by atoms with Crippen LogP contribution in [0.15, 0.2) is 18.2 Å². The maximum atomic E-state index is 5.91. The third kappa shape index (κ3) is 2.85. The number of hydrogen-bond donors (Lipinski definition) is 0. The van der Waals surface area contributed by atoms with Crippen LogP contribution in [0.4, 0.5) is 5.82 Å². The number of nitrogens with zero attached hydrogens (tertiary/aromatic N) is 2. The molecule has 0 N–H and O–H groups in total. The summed E-state index contributed by atoms with van der Waals surface area (Å²) in [6.07, 6.45) is 2.73. The second-order valence-corrected chi connectivity index (χ2v) is 4.90. The highest BCUT2D eigenvalue weighted by Crippen LogP contribution is 2.32. The number of anilines is 1. The first-order valence-electron chi connectivity index (χ1n) is 5.56. The van der Waals surface area contributed by atoms with E-state index in [1.807, 2.05) is 18.2 Å². The lowest BCUT2D eigenvalue weighted by atomic mass is 10.2. The second-order valence-electron chi connectivity index (χ2n) is 4.51. The van der Waals surface area contributed by atoms with Crippen molar-refractivity contribution in [3.8, 4) is 0 Å². The summed E-state index contributed by atoms with van der Waals surface area (Å²) < 4.78 is 0. The van der Waals surface area contributed by atoms with Crippen molar-refractivity contribution in [1.82, 2.24) is 4.98 Å². The molecule has 15 heavy (non-hydrogen) atoms. The molecule has 2 nitrogen and oxygen atoms in total. The molecule has 0 saturated heterocycles. The maximum Gasteiger partial charge on any atom is 0.131 e. The Morgan fingerprint density at radius 3 is 2.73 bits per heavy atom. The predicted octanol–water partition coefficient (Wildman–Crippen LogP) is 3.36. The Morgan fingerprint density at radius 2 is 2.20 bits per heavy atom. The van der Waals surface area contributed by atoms with E-state index in [9.17, 15) is 0 Å². The molecule has 0 bridgehead atoms. The van der Waals surface area contributed by atoms with Gasteiger partial charge in [-0.15, -0.1) is 0 Å². The fourth-order valence-electron chi connectivity index (χ4n) is 1.70. The molecule has 1 aromatic heterocycles. The molecular formula is C12H17ClN2. The Kier molecular flexibility index (Phi) is 3.15. The van der Waals surface area contributed by atoms with Gasteiger partial charge in [-0.2, -0.15) is 0 Å². The Morgan fingerprint density at radius 1 is 1.47 bits per heavy atom. The molecule has 3 heteroatoms. The van der Waals surface area contributed by atoms with Crippen LogP contribution in [0.2, 0.25) is 5.15 Å². The van der Waals surface area contributed by atoms with Crippen molar-refractivity contribution in [2.45, 2.75) is 32.7 Å². The second kappa shape index (κ2) is 4.40. The van der Waals surface area contributed by atoms with Gasteiger partial charge in [0.05, 0.1) is 0 Å². The average Bonchev–Trinajstić information content (AvgIpc) is 2.97. The van der Waals surface area contributed by atoms with Crippen LogP contribution in [0.5, 0.6) is 0 Å². The third-order valence-electron chi connectivity index (χ3n) is 2.77. The molecule has 0 aliphatic heterocycles. The summed E-state index contributed by atoms with van der Waals surface area (Å²) in [7, 11) is 0. The average molecular weight is 225 g/mol. The van der Waals surface area contributed by atoms with Crippen LogP contribution in [0.1, 0.15) is 26.7 Å². The number of pyridine rings is 1. The summed E-state index contributed by atoms with van der Waals surface area (Å²) in [5.41, 5.74) is 0. The van der Waals surface area contributed by atoms with Gasteiger partial charge in [0.2, 0.25) is 0 Å². The molecule has 82 valence electrons. The number of halogens is 1. The molecular weight excluding hydrogens is 208 g/mol. The quantitative estimate of drug-likeness (QED) is 0.730. The van der Waals surface area contributed by atoms with Gasteiger partial charge in [-0.25, -0.2) is 4.98 Å². The van der Waals surface area contributed by atoms with Crippen molar-refractivity contribution < 1.29 is 0 Å². The van der Waals surface area contributed by atoms with Crippen LogP contribution in [-0.2, 0) is 0 Å². The molecule has 0 radical (unpaired) electrons. The fourth-order valence-corrected chi connectivity index (χ4v) is 1.86. The van der Waals surface area contributed by atoms with E-state index in [1.54, 1.807) is 0 Å². The van der Waals surface area contributed by atoms with Crippen molar-refractivity contribution >= 4 is 17.4 Å². The molecule has 0 amide bonds. The van der Waals surface area contributed by atoms with Gasteiger partial charge in [0.15, 0.2) is 0 Å². The molecule has 1 aliphatic carbocycles. The molecule has 0 unspecified atom stereocenters. The topological polar surface area (TPSA) is 16.1 Å². The van der Waals surface area contributed by atoms with E-state index in [2.05, 4.69) is 23.7 Å². The summed E-state index contributed by atoms with van der Waals surface area (Å²) in [6.45, 7) is 5.51. The number of aromatic nitrogens is 1. The zero-order valence-corrected chi connectivity index (χ0v) is 10.0. The highest BCUT2D eigenvalue weighted by Gasteiger charge is 2.26. The van der Waals surface area contributed by atoms with Gasteiger partial charge in [-0.3, -0.25) is 0 Å². The molecule has 0 atom stereocenters. The smallest absolute Gasteiger partial charge is 0.131 e. The van der Waals surface area contributed by atoms with Gasteiger partial charge in [-0.05, 0) is 44.7 Å². The Labute approximate surface area is 96.3 Å². The van der Waals surface area contributed by atoms with Crippen molar-refractivity contribution in [3.05, 3.63) is 23.4 Å². The van der Waals surface area contributed by atoms with Crippen LogP contribution in [0.25, 0.3) is 0 Å². The maximum absolute atomic E-state index is 5.91. The minimum atomic E-state index is 0.483. The summed E-state index contributed by atoms with van der Waals surface area (Å²) in [5.74, 6) is 1.87. The van der Waals surface area contributed by atoms with Crippen LogP contribution >= 0.6 is 11.6 Å². The number of rotatable bonds is 4. The van der Waals surface area contributed by atoms with Crippen molar-refractivity contribution in [2.75, 3.05) is 11.4 Å². The first-order chi connectivity index (χ1) is 7.16. The van der Waals surface area contributed by atoms with Crippen molar-refractivity contribution in [2.24, 2.45) is 5.92 Å². The number of hydrogen-bond acceptors (Lipinski definition) is 2. The third-order valence-corrected chi connectivity index (χ3v) is 2.98. The first-order valence-corrected chi connectivity index (χ1v) is 5.94. The van der Waals surface area contributed by atoms with Crippen LogP contribution in [0, 0.1) is 5.92 Å². The van der Waals surface area contributed by atoms with E-state index in [0.717, 1.165) is 18.3 Å². The molecule has 1 heterocycles. The van der Waals surface area contributed by atoms with E-state index in [1.165, 1.54) is 12.8 Å². The van der Waals surface area contributed by atoms with Crippen LogP contribution < -0.4 is 4.90 Å². The zero-order chi connectivity index (χ0) is 10.8. The highest BCUT2D eigenvalue weighted by molar-refractivity contribution is 6.29. The summed E-state index contributed by atoms with van der Waals surface area (Å²) in [6, 6.07) is 6.30. The lowest BCUT2D eigenvalue weighted by Gasteiger charge is -2.27. The molecule has 1 aromatic rings. The van der Waals surface area contributed by atoms with Gasteiger partial charge < -0.3 is 4.90 Å². The van der Waals surface area contributed by atoms with Gasteiger partial charge in [0.25, 0.3) is 0 Å². The standard InChI is InChI=1S/C12H17ClN2/c1-9(2)15(8-10-6-7-10)12-5-3-4-11(13)14-12/h3-5,9-10H,6-8H2,1-2H3. The van der Waals surface area contributed by atoms with Gasteiger partial charge in [0.1, 0.15) is 11.0 Å². The van der Waals surface area contributed by atoms with Crippen molar-refractivity contribution in [1.29, 1.82) is 0 Å². The molecule has 1 fully saturated rings. The van der Waals surface area contributed by atoms with E-state index >= 15 is 0 Å². The molecule has 2 rings (SSSR count). The molecule has 0 spiro atoms. The summed E-state index contributed by atoms with van der Waals surface area (Å²) >= 11 is 5.91. The molecule has 0 aromatic carbocycles. The van der Waals surface area contributed by atoms with Gasteiger partial charge in [0, 0.05) is 12.6 Å².